The van der Waals surface area contributed by atoms with Crippen LogP contribution in [-0.2, 0) is 11.3 Å². The lowest BCUT2D eigenvalue weighted by molar-refractivity contribution is -0.117. The average Bonchev–Trinajstić information content (AvgIpc) is 3.24. The molecule has 0 spiro atoms. The highest BCUT2D eigenvalue weighted by Crippen LogP contribution is 2.30. The molecule has 3 N–H and O–H groups in total. The van der Waals surface area contributed by atoms with Crippen molar-refractivity contribution in [2.24, 2.45) is 5.92 Å². The van der Waals surface area contributed by atoms with Gasteiger partial charge in [0.1, 0.15) is 6.54 Å². The first-order valence-electron chi connectivity index (χ1n) is 8.13. The Balaban J connectivity index is 1.54. The summed E-state index contributed by atoms with van der Waals surface area (Å²) in [5.41, 5.74) is 8.19. The van der Waals surface area contributed by atoms with E-state index in [2.05, 4.69) is 15.6 Å². The SMILES string of the molecule is Cc1cc2c(N)cccc2n1C(=O)Cn1cc(NC(=O)C2CC2)nn1. The minimum absolute atomic E-state index is 0.0196. The molecule has 1 amide bonds. The molecule has 0 saturated heterocycles. The van der Waals surface area contributed by atoms with Gasteiger partial charge in [-0.2, -0.15) is 0 Å². The number of rotatable bonds is 4. The van der Waals surface area contributed by atoms with Crippen molar-refractivity contribution in [1.82, 2.24) is 19.6 Å². The molecule has 2 aromatic heterocycles. The molecule has 1 saturated carbocycles. The Kier molecular flexibility index (Phi) is 3.52. The van der Waals surface area contributed by atoms with Gasteiger partial charge in [0, 0.05) is 22.7 Å². The summed E-state index contributed by atoms with van der Waals surface area (Å²) in [5.74, 6) is 0.262. The lowest BCUT2D eigenvalue weighted by atomic mass is 10.2. The van der Waals surface area contributed by atoms with Crippen LogP contribution in [0.3, 0.4) is 0 Å². The maximum atomic E-state index is 12.7. The summed E-state index contributed by atoms with van der Waals surface area (Å²) >= 11 is 0. The Bertz CT molecular complexity index is 982. The number of carbonyl (C=O) groups is 2. The van der Waals surface area contributed by atoms with Crippen molar-refractivity contribution >= 4 is 34.2 Å². The molecular weight excluding hydrogens is 320 g/mol. The number of benzene rings is 1. The van der Waals surface area contributed by atoms with E-state index in [-0.39, 0.29) is 24.3 Å². The number of amides is 1. The molecular formula is C17H18N6O2. The topological polar surface area (TPSA) is 108 Å². The number of aromatic nitrogens is 4. The van der Waals surface area contributed by atoms with E-state index in [9.17, 15) is 9.59 Å². The van der Waals surface area contributed by atoms with E-state index in [1.165, 1.54) is 4.68 Å². The van der Waals surface area contributed by atoms with Gasteiger partial charge in [-0.25, -0.2) is 4.68 Å². The standard InChI is InChI=1S/C17H18N6O2/c1-10-7-12-13(18)3-2-4-14(12)23(10)16(24)9-22-8-15(20-21-22)19-17(25)11-5-6-11/h2-4,7-8,11H,5-6,9,18H2,1H3,(H,19,25). The van der Waals surface area contributed by atoms with E-state index < -0.39 is 0 Å². The smallest absolute Gasteiger partial charge is 0.253 e. The number of nitrogens with zero attached hydrogens (tertiary/aromatic N) is 4. The van der Waals surface area contributed by atoms with E-state index in [0.717, 1.165) is 29.4 Å². The molecule has 2 heterocycles. The number of carbonyl (C=O) groups excluding carboxylic acids is 2. The summed E-state index contributed by atoms with van der Waals surface area (Å²) in [4.78, 5) is 24.5. The van der Waals surface area contributed by atoms with Crippen LogP contribution < -0.4 is 11.1 Å². The zero-order valence-electron chi connectivity index (χ0n) is 13.8. The van der Waals surface area contributed by atoms with Gasteiger partial charge in [-0.1, -0.05) is 11.3 Å². The predicted octanol–water partition coefficient (Wildman–Crippen LogP) is 1.81. The first-order valence-corrected chi connectivity index (χ1v) is 8.13. The number of hydrogen-bond donors (Lipinski definition) is 2. The maximum absolute atomic E-state index is 12.7. The maximum Gasteiger partial charge on any atom is 0.253 e. The Morgan fingerprint density at radius 3 is 2.92 bits per heavy atom. The zero-order chi connectivity index (χ0) is 17.6. The van der Waals surface area contributed by atoms with Crippen LogP contribution in [-0.4, -0.2) is 31.4 Å². The number of nitrogen functional groups attached to an aromatic ring is 1. The van der Waals surface area contributed by atoms with Crippen LogP contribution in [0.15, 0.2) is 30.5 Å². The van der Waals surface area contributed by atoms with Gasteiger partial charge in [-0.3, -0.25) is 14.2 Å². The third-order valence-electron chi connectivity index (χ3n) is 4.35. The van der Waals surface area contributed by atoms with E-state index in [0.29, 0.717) is 11.5 Å². The summed E-state index contributed by atoms with van der Waals surface area (Å²) in [6.07, 6.45) is 3.40. The Hall–Kier alpha value is -3.16. The van der Waals surface area contributed by atoms with Crippen molar-refractivity contribution in [3.8, 4) is 0 Å². The summed E-state index contributed by atoms with van der Waals surface area (Å²) in [6.45, 7) is 1.88. The highest BCUT2D eigenvalue weighted by Gasteiger charge is 2.30. The highest BCUT2D eigenvalue weighted by molar-refractivity contribution is 5.99. The number of nitrogens with two attached hydrogens (primary N) is 1. The molecule has 8 nitrogen and oxygen atoms in total. The van der Waals surface area contributed by atoms with Crippen LogP contribution in [0.2, 0.25) is 0 Å². The van der Waals surface area contributed by atoms with Crippen LogP contribution in [0.4, 0.5) is 11.5 Å². The molecule has 128 valence electrons. The second-order valence-corrected chi connectivity index (χ2v) is 6.36. The van der Waals surface area contributed by atoms with Crippen molar-refractivity contribution in [3.05, 3.63) is 36.2 Å². The first-order chi connectivity index (χ1) is 12.0. The van der Waals surface area contributed by atoms with Gasteiger partial charge in [-0.15, -0.1) is 5.10 Å². The molecule has 3 aromatic rings. The van der Waals surface area contributed by atoms with Gasteiger partial charge in [-0.05, 0) is 38.0 Å². The Morgan fingerprint density at radius 2 is 2.16 bits per heavy atom. The molecule has 1 aromatic carbocycles. The van der Waals surface area contributed by atoms with Crippen molar-refractivity contribution in [3.63, 3.8) is 0 Å². The fourth-order valence-electron chi connectivity index (χ4n) is 2.93. The van der Waals surface area contributed by atoms with Crippen LogP contribution in [0.1, 0.15) is 23.3 Å². The van der Waals surface area contributed by atoms with Gasteiger partial charge in [0.15, 0.2) is 5.82 Å². The lowest BCUT2D eigenvalue weighted by Gasteiger charge is -2.07. The van der Waals surface area contributed by atoms with E-state index in [4.69, 9.17) is 5.73 Å². The number of nitrogens with one attached hydrogen (secondary N) is 1. The summed E-state index contributed by atoms with van der Waals surface area (Å²) in [7, 11) is 0. The van der Waals surface area contributed by atoms with Gasteiger partial charge >= 0.3 is 0 Å². The molecule has 0 bridgehead atoms. The van der Waals surface area contributed by atoms with Gasteiger partial charge in [0.05, 0.1) is 11.7 Å². The molecule has 1 aliphatic carbocycles. The van der Waals surface area contributed by atoms with E-state index >= 15 is 0 Å². The van der Waals surface area contributed by atoms with Gasteiger partial charge in [0.25, 0.3) is 5.91 Å². The molecule has 25 heavy (non-hydrogen) atoms. The number of anilines is 2. The van der Waals surface area contributed by atoms with Crippen LogP contribution in [0.5, 0.6) is 0 Å². The third kappa shape index (κ3) is 2.86. The fraction of sp³-hybridized carbons (Fsp3) is 0.294. The molecule has 1 aliphatic rings. The van der Waals surface area contributed by atoms with Crippen LogP contribution in [0.25, 0.3) is 10.9 Å². The number of aryl methyl sites for hydroxylation is 1. The summed E-state index contributed by atoms with van der Waals surface area (Å²) in [6, 6.07) is 7.38. The summed E-state index contributed by atoms with van der Waals surface area (Å²) < 4.78 is 3.04. The second kappa shape index (κ2) is 5.73. The normalized spacial score (nSPS) is 14.0. The minimum Gasteiger partial charge on any atom is -0.398 e. The van der Waals surface area contributed by atoms with E-state index in [1.807, 2.05) is 31.2 Å². The lowest BCUT2D eigenvalue weighted by Crippen LogP contribution is -2.19. The Morgan fingerprint density at radius 1 is 1.36 bits per heavy atom. The molecule has 4 rings (SSSR count). The number of fused-ring (bicyclic) bond motifs is 1. The van der Waals surface area contributed by atoms with Crippen LogP contribution >= 0.6 is 0 Å². The zero-order valence-corrected chi connectivity index (χ0v) is 13.8. The van der Waals surface area contributed by atoms with E-state index in [1.54, 1.807) is 10.8 Å². The van der Waals surface area contributed by atoms with Crippen molar-refractivity contribution < 1.29 is 9.59 Å². The van der Waals surface area contributed by atoms with Gasteiger partial charge < -0.3 is 11.1 Å². The molecule has 0 atom stereocenters. The highest BCUT2D eigenvalue weighted by atomic mass is 16.2. The molecule has 0 unspecified atom stereocenters. The average molecular weight is 338 g/mol. The quantitative estimate of drug-likeness (QED) is 0.705. The molecule has 1 fully saturated rings. The second-order valence-electron chi connectivity index (χ2n) is 6.36. The fourth-order valence-corrected chi connectivity index (χ4v) is 2.93. The number of hydrogen-bond acceptors (Lipinski definition) is 5. The summed E-state index contributed by atoms with van der Waals surface area (Å²) in [5, 5.41) is 11.4. The largest absolute Gasteiger partial charge is 0.398 e. The Labute approximate surface area is 143 Å². The monoisotopic (exact) mass is 338 g/mol. The molecule has 0 radical (unpaired) electrons. The van der Waals surface area contributed by atoms with Gasteiger partial charge in [0.2, 0.25) is 5.91 Å². The third-order valence-corrected chi connectivity index (χ3v) is 4.35. The predicted molar refractivity (Wildman–Crippen MR) is 93.1 cm³/mol. The molecule has 8 heteroatoms. The van der Waals surface area contributed by atoms with Crippen molar-refractivity contribution in [1.29, 1.82) is 0 Å². The van der Waals surface area contributed by atoms with Crippen molar-refractivity contribution in [2.45, 2.75) is 26.3 Å². The minimum atomic E-state index is -0.150. The first kappa shape index (κ1) is 15.4. The molecule has 0 aliphatic heterocycles. The van der Waals surface area contributed by atoms with Crippen LogP contribution in [0, 0.1) is 12.8 Å². The van der Waals surface area contributed by atoms with Crippen molar-refractivity contribution in [2.75, 3.05) is 11.1 Å².